The van der Waals surface area contributed by atoms with E-state index >= 15 is 0 Å². The molecule has 4 aromatic carbocycles. The molecule has 0 fully saturated rings. The molecule has 4 aromatic rings. The molecule has 6 N–H and O–H groups in total. The lowest BCUT2D eigenvalue weighted by molar-refractivity contribution is -0.123. The minimum absolute atomic E-state index is 0.0195. The molecule has 4 rings (SSSR count). The number of hydrogen-bond donors (Lipinski definition) is 5. The van der Waals surface area contributed by atoms with Gasteiger partial charge in [0.25, 0.3) is 5.91 Å². The van der Waals surface area contributed by atoms with Gasteiger partial charge in [-0.3, -0.25) is 9.59 Å². The SMILES string of the molecule is CC(C)CN([C@H](CO)CCCCNC(=O)[C@@H](NC(=O)c1cccc(O)c1)C(c1ccccc1)c1ccccc1)S(=O)(=O)c1ccc(N)cc1. The lowest BCUT2D eigenvalue weighted by atomic mass is 9.84. The van der Waals surface area contributed by atoms with Crippen molar-refractivity contribution >= 4 is 27.5 Å². The second kappa shape index (κ2) is 17.6. The van der Waals surface area contributed by atoms with Gasteiger partial charge in [-0.15, -0.1) is 0 Å². The fourth-order valence-electron chi connectivity index (χ4n) is 5.80. The summed E-state index contributed by atoms with van der Waals surface area (Å²) < 4.78 is 28.6. The summed E-state index contributed by atoms with van der Waals surface area (Å²) in [6.07, 6.45) is 1.41. The quantitative estimate of drug-likeness (QED) is 0.0780. The van der Waals surface area contributed by atoms with E-state index in [4.69, 9.17) is 5.73 Å². The monoisotopic (exact) mass is 686 g/mol. The maximum Gasteiger partial charge on any atom is 0.252 e. The van der Waals surface area contributed by atoms with Crippen LogP contribution in [0.2, 0.25) is 0 Å². The normalized spacial score (nSPS) is 12.9. The summed E-state index contributed by atoms with van der Waals surface area (Å²) in [5, 5.41) is 26.2. The van der Waals surface area contributed by atoms with E-state index in [0.29, 0.717) is 24.9 Å². The highest BCUT2D eigenvalue weighted by molar-refractivity contribution is 7.89. The Kier molecular flexibility index (Phi) is 13.3. The van der Waals surface area contributed by atoms with Gasteiger partial charge in [0.2, 0.25) is 15.9 Å². The molecule has 0 heterocycles. The van der Waals surface area contributed by atoms with Crippen molar-refractivity contribution in [2.45, 2.75) is 56.0 Å². The van der Waals surface area contributed by atoms with Crippen LogP contribution in [-0.2, 0) is 14.8 Å². The molecule has 0 saturated carbocycles. The predicted octanol–water partition coefficient (Wildman–Crippen LogP) is 4.90. The molecule has 2 amide bonds. The van der Waals surface area contributed by atoms with Gasteiger partial charge in [0.05, 0.1) is 11.5 Å². The van der Waals surface area contributed by atoms with E-state index in [1.807, 2.05) is 74.5 Å². The number of hydrogen-bond acceptors (Lipinski definition) is 7. The first-order valence-corrected chi connectivity index (χ1v) is 17.9. The van der Waals surface area contributed by atoms with Crippen molar-refractivity contribution in [3.05, 3.63) is 126 Å². The number of rotatable bonds is 17. The van der Waals surface area contributed by atoms with Crippen LogP contribution >= 0.6 is 0 Å². The van der Waals surface area contributed by atoms with Gasteiger partial charge in [0.1, 0.15) is 11.8 Å². The second-order valence-electron chi connectivity index (χ2n) is 12.5. The molecule has 0 aliphatic carbocycles. The van der Waals surface area contributed by atoms with Crippen molar-refractivity contribution < 1.29 is 28.2 Å². The highest BCUT2D eigenvalue weighted by Gasteiger charge is 2.34. The average Bonchev–Trinajstić information content (AvgIpc) is 3.09. The first-order valence-electron chi connectivity index (χ1n) is 16.5. The number of nitrogen functional groups attached to an aromatic ring is 1. The summed E-state index contributed by atoms with van der Waals surface area (Å²) in [4.78, 5) is 27.5. The number of phenols is 1. The number of anilines is 1. The fraction of sp³-hybridized carbons (Fsp3) is 0.316. The van der Waals surface area contributed by atoms with Gasteiger partial charge in [-0.1, -0.05) is 87.0 Å². The van der Waals surface area contributed by atoms with E-state index in [1.54, 1.807) is 12.1 Å². The standard InChI is InChI=1S/C38H46N4O6S/c1-27(2)25-42(49(47,48)34-21-19-31(39)20-22-34)32(26-43)17-9-10-23-40-38(46)36(41-37(45)30-16-11-18-33(44)24-30)35(28-12-5-3-6-13-28)29-14-7-4-8-15-29/h3-8,11-16,18-22,24,27,32,35-36,43-44H,9-10,17,23,25-26,39H2,1-2H3,(H,40,46)(H,41,45)/t32-,36-/m0/s1. The number of nitrogens with zero attached hydrogens (tertiary/aromatic N) is 1. The second-order valence-corrected chi connectivity index (χ2v) is 14.4. The summed E-state index contributed by atoms with van der Waals surface area (Å²) in [5.74, 6) is -1.47. The Hall–Kier alpha value is -4.71. The highest BCUT2D eigenvalue weighted by atomic mass is 32.2. The van der Waals surface area contributed by atoms with Crippen LogP contribution in [0.15, 0.2) is 114 Å². The van der Waals surface area contributed by atoms with Crippen LogP contribution in [0.25, 0.3) is 0 Å². The number of nitrogens with one attached hydrogen (secondary N) is 2. The molecule has 11 heteroatoms. The van der Waals surface area contributed by atoms with Crippen LogP contribution in [0.5, 0.6) is 5.75 Å². The van der Waals surface area contributed by atoms with E-state index in [-0.39, 0.29) is 41.8 Å². The van der Waals surface area contributed by atoms with Gasteiger partial charge < -0.3 is 26.6 Å². The van der Waals surface area contributed by atoms with Gasteiger partial charge in [-0.2, -0.15) is 4.31 Å². The largest absolute Gasteiger partial charge is 0.508 e. The summed E-state index contributed by atoms with van der Waals surface area (Å²) in [7, 11) is -3.90. The summed E-state index contributed by atoms with van der Waals surface area (Å²) in [6, 6.07) is 29.2. The van der Waals surface area contributed by atoms with Crippen LogP contribution in [0, 0.1) is 5.92 Å². The van der Waals surface area contributed by atoms with Crippen LogP contribution in [0.4, 0.5) is 5.69 Å². The van der Waals surface area contributed by atoms with Crippen molar-refractivity contribution in [3.63, 3.8) is 0 Å². The molecule has 49 heavy (non-hydrogen) atoms. The predicted molar refractivity (Wildman–Crippen MR) is 191 cm³/mol. The number of phenolic OH excluding ortho intramolecular Hbond substituents is 1. The number of amides is 2. The number of unbranched alkanes of at least 4 members (excludes halogenated alkanes) is 1. The molecule has 260 valence electrons. The van der Waals surface area contributed by atoms with Gasteiger partial charge >= 0.3 is 0 Å². The summed E-state index contributed by atoms with van der Waals surface area (Å²) >= 11 is 0. The Balaban J connectivity index is 1.49. The molecule has 0 radical (unpaired) electrons. The molecule has 0 saturated heterocycles. The molecular formula is C38H46N4O6S. The minimum Gasteiger partial charge on any atom is -0.508 e. The van der Waals surface area contributed by atoms with Gasteiger partial charge in [0.15, 0.2) is 0 Å². The van der Waals surface area contributed by atoms with Crippen molar-refractivity contribution in [2.24, 2.45) is 5.92 Å². The Morgan fingerprint density at radius 2 is 1.45 bits per heavy atom. The number of aliphatic hydroxyl groups is 1. The fourth-order valence-corrected chi connectivity index (χ4v) is 7.61. The lowest BCUT2D eigenvalue weighted by Crippen LogP contribution is -2.50. The van der Waals surface area contributed by atoms with Gasteiger partial charge in [-0.25, -0.2) is 8.42 Å². The highest BCUT2D eigenvalue weighted by Crippen LogP contribution is 2.29. The Morgan fingerprint density at radius 1 is 0.837 bits per heavy atom. The first kappa shape index (κ1) is 37.1. The van der Waals surface area contributed by atoms with Crippen LogP contribution < -0.4 is 16.4 Å². The van der Waals surface area contributed by atoms with E-state index in [1.165, 1.54) is 40.7 Å². The molecule has 10 nitrogen and oxygen atoms in total. The molecule has 0 spiro atoms. The Labute approximate surface area is 289 Å². The van der Waals surface area contributed by atoms with Crippen molar-refractivity contribution in [2.75, 3.05) is 25.4 Å². The maximum absolute atomic E-state index is 13.9. The molecule has 0 bridgehead atoms. The van der Waals surface area contributed by atoms with E-state index < -0.39 is 39.8 Å². The maximum atomic E-state index is 13.9. The Bertz CT molecular complexity index is 1710. The third-order valence-electron chi connectivity index (χ3n) is 8.24. The number of sulfonamides is 1. The zero-order chi connectivity index (χ0) is 35.4. The summed E-state index contributed by atoms with van der Waals surface area (Å²) in [6.45, 7) is 3.98. The van der Waals surface area contributed by atoms with Crippen LogP contribution in [0.3, 0.4) is 0 Å². The third-order valence-corrected chi connectivity index (χ3v) is 10.2. The zero-order valence-corrected chi connectivity index (χ0v) is 28.7. The smallest absolute Gasteiger partial charge is 0.252 e. The van der Waals surface area contributed by atoms with E-state index in [9.17, 15) is 28.2 Å². The first-order chi connectivity index (χ1) is 23.5. The molecule has 0 aromatic heterocycles. The summed E-state index contributed by atoms with van der Waals surface area (Å²) in [5.41, 5.74) is 8.11. The van der Waals surface area contributed by atoms with Crippen molar-refractivity contribution in [1.82, 2.24) is 14.9 Å². The number of carbonyl (C=O) groups is 2. The number of benzene rings is 4. The van der Waals surface area contributed by atoms with Gasteiger partial charge in [0, 0.05) is 36.3 Å². The van der Waals surface area contributed by atoms with Crippen molar-refractivity contribution in [1.29, 1.82) is 0 Å². The molecule has 0 aliphatic heterocycles. The molecule has 0 aliphatic rings. The molecular weight excluding hydrogens is 641 g/mol. The number of aromatic hydroxyl groups is 1. The lowest BCUT2D eigenvalue weighted by Gasteiger charge is -2.31. The molecule has 2 atom stereocenters. The number of carbonyl (C=O) groups excluding carboxylic acids is 2. The van der Waals surface area contributed by atoms with E-state index in [2.05, 4.69) is 10.6 Å². The van der Waals surface area contributed by atoms with Crippen LogP contribution in [-0.4, -0.2) is 66.5 Å². The zero-order valence-electron chi connectivity index (χ0n) is 27.9. The number of aliphatic hydroxyl groups excluding tert-OH is 1. The van der Waals surface area contributed by atoms with Gasteiger partial charge in [-0.05, 0) is 72.4 Å². The van der Waals surface area contributed by atoms with E-state index in [0.717, 1.165) is 11.1 Å². The average molecular weight is 687 g/mol. The van der Waals surface area contributed by atoms with Crippen LogP contribution in [0.1, 0.15) is 60.5 Å². The van der Waals surface area contributed by atoms with Crippen molar-refractivity contribution in [3.8, 4) is 5.75 Å². The topological polar surface area (TPSA) is 162 Å². The minimum atomic E-state index is -3.90. The third kappa shape index (κ3) is 10.1. The number of nitrogens with two attached hydrogens (primary N) is 1. The Morgan fingerprint density at radius 3 is 2.00 bits per heavy atom. The molecule has 0 unspecified atom stereocenters.